The Labute approximate surface area is 89.0 Å². The van der Waals surface area contributed by atoms with Crippen LogP contribution in [0, 0.1) is 0 Å². The van der Waals surface area contributed by atoms with E-state index in [2.05, 4.69) is 0 Å². The van der Waals surface area contributed by atoms with Gasteiger partial charge in [-0.1, -0.05) is 19.1 Å². The summed E-state index contributed by atoms with van der Waals surface area (Å²) >= 11 is 0. The number of hydrogen-bond donors (Lipinski definition) is 0. The molecule has 1 aliphatic rings. The molecule has 1 saturated heterocycles. The molecule has 80 valence electrons. The fourth-order valence-electron chi connectivity index (χ4n) is 1.42. The summed E-state index contributed by atoms with van der Waals surface area (Å²) in [6, 6.07) is 7.32. The second-order valence-corrected chi connectivity index (χ2v) is 3.58. The molecule has 0 aliphatic carbocycles. The molecule has 0 aromatic heterocycles. The summed E-state index contributed by atoms with van der Waals surface area (Å²) in [5, 5.41) is 0. The van der Waals surface area contributed by atoms with Crippen molar-refractivity contribution in [1.82, 2.24) is 0 Å². The van der Waals surface area contributed by atoms with Gasteiger partial charge in [0.2, 0.25) is 0 Å². The number of benzene rings is 1. The Kier molecular flexibility index (Phi) is 3.02. The fraction of sp³-hybridized carbons (Fsp3) is 0.417. The van der Waals surface area contributed by atoms with E-state index in [-0.39, 0.29) is 11.9 Å². The summed E-state index contributed by atoms with van der Waals surface area (Å²) in [7, 11) is 0. The number of ether oxygens (including phenoxy) is 2. The standard InChI is InChI=1S/C12H14O3/c1-2-12(13)9-4-3-5-10(6-9)15-11-7-14-8-11/h3-6,11H,2,7-8H2,1H3. The quantitative estimate of drug-likeness (QED) is 0.707. The van der Waals surface area contributed by atoms with Crippen LogP contribution in [0.3, 0.4) is 0 Å². The van der Waals surface area contributed by atoms with E-state index in [1.54, 1.807) is 6.07 Å². The topological polar surface area (TPSA) is 35.5 Å². The van der Waals surface area contributed by atoms with Crippen molar-refractivity contribution in [3.63, 3.8) is 0 Å². The fourth-order valence-corrected chi connectivity index (χ4v) is 1.42. The van der Waals surface area contributed by atoms with Crippen LogP contribution in [-0.4, -0.2) is 25.1 Å². The second kappa shape index (κ2) is 4.45. The highest BCUT2D eigenvalue weighted by atomic mass is 16.6. The molecule has 2 rings (SSSR count). The van der Waals surface area contributed by atoms with Gasteiger partial charge in [-0.2, -0.15) is 0 Å². The van der Waals surface area contributed by atoms with Gasteiger partial charge in [-0.05, 0) is 12.1 Å². The van der Waals surface area contributed by atoms with Gasteiger partial charge < -0.3 is 9.47 Å². The maximum atomic E-state index is 11.5. The third-order valence-electron chi connectivity index (χ3n) is 2.39. The molecule has 0 unspecified atom stereocenters. The lowest BCUT2D eigenvalue weighted by Gasteiger charge is -2.26. The van der Waals surface area contributed by atoms with Crippen molar-refractivity contribution in [1.29, 1.82) is 0 Å². The molecule has 0 saturated carbocycles. The number of rotatable bonds is 4. The number of carbonyl (C=O) groups excluding carboxylic acids is 1. The maximum absolute atomic E-state index is 11.5. The van der Waals surface area contributed by atoms with Crippen LogP contribution in [-0.2, 0) is 4.74 Å². The zero-order chi connectivity index (χ0) is 10.7. The van der Waals surface area contributed by atoms with Gasteiger partial charge in [-0.15, -0.1) is 0 Å². The molecule has 3 nitrogen and oxygen atoms in total. The molecule has 0 atom stereocenters. The summed E-state index contributed by atoms with van der Waals surface area (Å²) in [5.41, 5.74) is 0.718. The van der Waals surface area contributed by atoms with Crippen molar-refractivity contribution in [2.24, 2.45) is 0 Å². The molecule has 0 radical (unpaired) electrons. The molecular formula is C12H14O3. The highest BCUT2D eigenvalue weighted by molar-refractivity contribution is 5.96. The Hall–Kier alpha value is -1.35. The largest absolute Gasteiger partial charge is 0.486 e. The van der Waals surface area contributed by atoms with Gasteiger partial charge in [-0.3, -0.25) is 4.79 Å². The Bertz CT molecular complexity index is 356. The van der Waals surface area contributed by atoms with Crippen molar-refractivity contribution in [3.8, 4) is 5.75 Å². The van der Waals surface area contributed by atoms with Crippen LogP contribution in [0.2, 0.25) is 0 Å². The Morgan fingerprint density at radius 3 is 2.93 bits per heavy atom. The Balaban J connectivity index is 2.07. The van der Waals surface area contributed by atoms with Crippen molar-refractivity contribution in [3.05, 3.63) is 29.8 Å². The molecule has 3 heteroatoms. The molecule has 0 N–H and O–H groups in total. The van der Waals surface area contributed by atoms with Crippen LogP contribution in [0.15, 0.2) is 24.3 Å². The molecule has 1 fully saturated rings. The zero-order valence-corrected chi connectivity index (χ0v) is 8.73. The monoisotopic (exact) mass is 206 g/mol. The molecule has 1 aromatic carbocycles. The van der Waals surface area contributed by atoms with E-state index in [0.717, 1.165) is 11.3 Å². The van der Waals surface area contributed by atoms with Gasteiger partial charge in [-0.25, -0.2) is 0 Å². The van der Waals surface area contributed by atoms with E-state index >= 15 is 0 Å². The Morgan fingerprint density at radius 2 is 2.33 bits per heavy atom. The molecule has 15 heavy (non-hydrogen) atoms. The highest BCUT2D eigenvalue weighted by Gasteiger charge is 2.20. The predicted molar refractivity (Wildman–Crippen MR) is 56.3 cm³/mol. The van der Waals surface area contributed by atoms with Crippen molar-refractivity contribution in [2.75, 3.05) is 13.2 Å². The second-order valence-electron chi connectivity index (χ2n) is 3.58. The van der Waals surface area contributed by atoms with Crippen LogP contribution in [0.1, 0.15) is 23.7 Å². The van der Waals surface area contributed by atoms with Gasteiger partial charge in [0, 0.05) is 12.0 Å². The van der Waals surface area contributed by atoms with Crippen molar-refractivity contribution < 1.29 is 14.3 Å². The van der Waals surface area contributed by atoms with Crippen LogP contribution >= 0.6 is 0 Å². The molecular weight excluding hydrogens is 192 g/mol. The average Bonchev–Trinajstić information content (AvgIpc) is 2.23. The zero-order valence-electron chi connectivity index (χ0n) is 8.73. The van der Waals surface area contributed by atoms with Crippen molar-refractivity contribution in [2.45, 2.75) is 19.4 Å². The summed E-state index contributed by atoms with van der Waals surface area (Å²) in [5.74, 6) is 0.896. The molecule has 0 bridgehead atoms. The molecule has 1 heterocycles. The molecule has 0 amide bonds. The SMILES string of the molecule is CCC(=O)c1cccc(OC2COC2)c1. The van der Waals surface area contributed by atoms with Crippen LogP contribution in [0.5, 0.6) is 5.75 Å². The van der Waals surface area contributed by atoms with E-state index in [0.29, 0.717) is 19.6 Å². The lowest BCUT2D eigenvalue weighted by Crippen LogP contribution is -2.38. The summed E-state index contributed by atoms with van der Waals surface area (Å²) in [6.07, 6.45) is 0.674. The molecule has 1 aromatic rings. The van der Waals surface area contributed by atoms with Gasteiger partial charge in [0.1, 0.15) is 11.9 Å². The minimum atomic E-state index is 0.144. The number of carbonyl (C=O) groups is 1. The first-order chi connectivity index (χ1) is 7.29. The first-order valence-electron chi connectivity index (χ1n) is 5.17. The predicted octanol–water partition coefficient (Wildman–Crippen LogP) is 2.06. The lowest BCUT2D eigenvalue weighted by atomic mass is 10.1. The first-order valence-corrected chi connectivity index (χ1v) is 5.17. The van der Waals surface area contributed by atoms with Crippen LogP contribution < -0.4 is 4.74 Å². The summed E-state index contributed by atoms with van der Waals surface area (Å²) < 4.78 is 10.6. The lowest BCUT2D eigenvalue weighted by molar-refractivity contribution is -0.0796. The van der Waals surface area contributed by atoms with Crippen LogP contribution in [0.4, 0.5) is 0 Å². The third kappa shape index (κ3) is 2.36. The smallest absolute Gasteiger partial charge is 0.162 e. The minimum absolute atomic E-state index is 0.144. The number of ketones is 1. The number of Topliss-reactive ketones (excluding diaryl/α,β-unsaturated/α-hetero) is 1. The summed E-state index contributed by atoms with van der Waals surface area (Å²) in [4.78, 5) is 11.5. The van der Waals surface area contributed by atoms with Crippen molar-refractivity contribution >= 4 is 5.78 Å². The van der Waals surface area contributed by atoms with Gasteiger partial charge in [0.05, 0.1) is 13.2 Å². The van der Waals surface area contributed by atoms with Gasteiger partial charge in [0.25, 0.3) is 0 Å². The van der Waals surface area contributed by atoms with Gasteiger partial charge >= 0.3 is 0 Å². The maximum Gasteiger partial charge on any atom is 0.162 e. The summed E-state index contributed by atoms with van der Waals surface area (Å²) in [6.45, 7) is 3.15. The highest BCUT2D eigenvalue weighted by Crippen LogP contribution is 2.18. The van der Waals surface area contributed by atoms with E-state index in [1.165, 1.54) is 0 Å². The van der Waals surface area contributed by atoms with Gasteiger partial charge in [0.15, 0.2) is 5.78 Å². The van der Waals surface area contributed by atoms with E-state index in [4.69, 9.17) is 9.47 Å². The van der Waals surface area contributed by atoms with E-state index in [1.807, 2.05) is 25.1 Å². The molecule has 0 spiro atoms. The third-order valence-corrected chi connectivity index (χ3v) is 2.39. The minimum Gasteiger partial charge on any atom is -0.486 e. The normalized spacial score (nSPS) is 15.8. The number of hydrogen-bond acceptors (Lipinski definition) is 3. The van der Waals surface area contributed by atoms with Crippen LogP contribution in [0.25, 0.3) is 0 Å². The average molecular weight is 206 g/mol. The van der Waals surface area contributed by atoms with E-state index < -0.39 is 0 Å². The Morgan fingerprint density at radius 1 is 1.53 bits per heavy atom. The van der Waals surface area contributed by atoms with E-state index in [9.17, 15) is 4.79 Å². The molecule has 1 aliphatic heterocycles. The first kappa shape index (κ1) is 10.2.